The summed E-state index contributed by atoms with van der Waals surface area (Å²) in [7, 11) is -4.01. The number of hydrogen-bond acceptors (Lipinski definition) is 4. The van der Waals surface area contributed by atoms with Crippen LogP contribution in [-0.2, 0) is 4.57 Å². The third kappa shape index (κ3) is 4.58. The highest BCUT2D eigenvalue weighted by Crippen LogP contribution is 2.52. The summed E-state index contributed by atoms with van der Waals surface area (Å²) in [4.78, 5) is 0. The molecule has 3 rings (SSSR count). The molecule has 0 aliphatic rings. The number of hydrogen-bond donors (Lipinski definition) is 0. The van der Waals surface area contributed by atoms with Crippen molar-refractivity contribution in [2.45, 2.75) is 34.6 Å². The van der Waals surface area contributed by atoms with Crippen LogP contribution in [0.5, 0.6) is 17.2 Å². The maximum Gasteiger partial charge on any atom is 0.647 e. The molecule has 0 saturated heterocycles. The summed E-state index contributed by atoms with van der Waals surface area (Å²) in [6.45, 7) is 9.58. The fourth-order valence-corrected chi connectivity index (χ4v) is 4.41. The van der Waals surface area contributed by atoms with E-state index >= 15 is 0 Å². The molecule has 0 fully saturated rings. The van der Waals surface area contributed by atoms with Crippen molar-refractivity contribution >= 4 is 7.82 Å². The van der Waals surface area contributed by atoms with Crippen molar-refractivity contribution in [2.24, 2.45) is 0 Å². The Labute approximate surface area is 166 Å². The zero-order valence-corrected chi connectivity index (χ0v) is 17.7. The van der Waals surface area contributed by atoms with Crippen molar-refractivity contribution in [3.63, 3.8) is 0 Å². The standard InChI is InChI=1S/C23H25O4P/c1-16-12-14-21(15-13-16)25-28(24,26-22-17(2)8-6-9-18(22)3)27-23-19(4)10-7-11-20(23)5/h6-15H,1-5H3. The van der Waals surface area contributed by atoms with Gasteiger partial charge in [-0.15, -0.1) is 0 Å². The van der Waals surface area contributed by atoms with E-state index in [4.69, 9.17) is 13.6 Å². The highest BCUT2D eigenvalue weighted by atomic mass is 31.2. The van der Waals surface area contributed by atoms with Gasteiger partial charge >= 0.3 is 7.82 Å². The molecule has 28 heavy (non-hydrogen) atoms. The van der Waals surface area contributed by atoms with Gasteiger partial charge in [0, 0.05) is 0 Å². The van der Waals surface area contributed by atoms with Gasteiger partial charge in [0.15, 0.2) is 0 Å². The molecule has 4 nitrogen and oxygen atoms in total. The average Bonchev–Trinajstić information content (AvgIpc) is 2.64. The lowest BCUT2D eigenvalue weighted by molar-refractivity contribution is 0.295. The van der Waals surface area contributed by atoms with Crippen molar-refractivity contribution in [1.82, 2.24) is 0 Å². The van der Waals surface area contributed by atoms with Crippen LogP contribution in [0.25, 0.3) is 0 Å². The summed E-state index contributed by atoms with van der Waals surface area (Å²) in [5, 5.41) is 0. The molecule has 3 aromatic rings. The van der Waals surface area contributed by atoms with Gasteiger partial charge in [0.2, 0.25) is 0 Å². The van der Waals surface area contributed by atoms with Crippen LogP contribution in [0.4, 0.5) is 0 Å². The van der Waals surface area contributed by atoms with Crippen molar-refractivity contribution in [1.29, 1.82) is 0 Å². The van der Waals surface area contributed by atoms with Crippen molar-refractivity contribution in [2.75, 3.05) is 0 Å². The zero-order chi connectivity index (χ0) is 20.3. The Morgan fingerprint density at radius 2 is 0.964 bits per heavy atom. The fourth-order valence-electron chi connectivity index (χ4n) is 2.89. The van der Waals surface area contributed by atoms with Gasteiger partial charge in [0.1, 0.15) is 17.2 Å². The molecule has 146 valence electrons. The number of phosphoric acid groups is 1. The normalized spacial score (nSPS) is 11.2. The first-order valence-electron chi connectivity index (χ1n) is 9.15. The van der Waals surface area contributed by atoms with E-state index in [1.807, 2.05) is 83.1 Å². The molecule has 0 saturated carbocycles. The topological polar surface area (TPSA) is 44.8 Å². The van der Waals surface area contributed by atoms with Gasteiger partial charge in [-0.2, -0.15) is 4.57 Å². The van der Waals surface area contributed by atoms with E-state index in [0.717, 1.165) is 27.8 Å². The first-order chi connectivity index (χ1) is 13.3. The van der Waals surface area contributed by atoms with E-state index in [-0.39, 0.29) is 0 Å². The minimum atomic E-state index is -4.01. The van der Waals surface area contributed by atoms with E-state index in [1.165, 1.54) is 0 Å². The first-order valence-corrected chi connectivity index (χ1v) is 10.6. The van der Waals surface area contributed by atoms with E-state index in [1.54, 1.807) is 12.1 Å². The lowest BCUT2D eigenvalue weighted by Gasteiger charge is -2.23. The summed E-state index contributed by atoms with van der Waals surface area (Å²) in [5.41, 5.74) is 4.51. The maximum absolute atomic E-state index is 13.7. The summed E-state index contributed by atoms with van der Waals surface area (Å²) in [5.74, 6) is 1.43. The predicted molar refractivity (Wildman–Crippen MR) is 113 cm³/mol. The van der Waals surface area contributed by atoms with E-state index < -0.39 is 7.82 Å². The molecule has 0 heterocycles. The van der Waals surface area contributed by atoms with Gasteiger partial charge in [0.05, 0.1) is 0 Å². The molecule has 0 N–H and O–H groups in total. The fraction of sp³-hybridized carbons (Fsp3) is 0.217. The monoisotopic (exact) mass is 396 g/mol. The third-order valence-corrected chi connectivity index (χ3v) is 5.71. The molecule has 5 heteroatoms. The largest absolute Gasteiger partial charge is 0.647 e. The highest BCUT2D eigenvalue weighted by molar-refractivity contribution is 7.49. The van der Waals surface area contributed by atoms with Gasteiger partial charge in [-0.25, -0.2) is 0 Å². The summed E-state index contributed by atoms with van der Waals surface area (Å²) >= 11 is 0. The lowest BCUT2D eigenvalue weighted by atomic mass is 10.1. The number of benzene rings is 3. The SMILES string of the molecule is Cc1ccc(OP(=O)(Oc2c(C)cccc2C)Oc2c(C)cccc2C)cc1. The lowest BCUT2D eigenvalue weighted by Crippen LogP contribution is -2.10. The second-order valence-electron chi connectivity index (χ2n) is 6.98. The molecule has 0 spiro atoms. The first kappa shape index (κ1) is 20.0. The van der Waals surface area contributed by atoms with Crippen LogP contribution in [0, 0.1) is 34.6 Å². The third-order valence-electron chi connectivity index (χ3n) is 4.46. The highest BCUT2D eigenvalue weighted by Gasteiger charge is 2.35. The predicted octanol–water partition coefficient (Wildman–Crippen LogP) is 6.87. The van der Waals surface area contributed by atoms with E-state index in [0.29, 0.717) is 17.2 Å². The van der Waals surface area contributed by atoms with Crippen LogP contribution in [0.3, 0.4) is 0 Å². The Kier molecular flexibility index (Phi) is 5.81. The van der Waals surface area contributed by atoms with Gasteiger partial charge in [-0.1, -0.05) is 54.1 Å². The maximum atomic E-state index is 13.7. The number of para-hydroxylation sites is 2. The Morgan fingerprint density at radius 1 is 0.571 bits per heavy atom. The summed E-state index contributed by atoms with van der Waals surface area (Å²) < 4.78 is 31.4. The molecule has 0 atom stereocenters. The summed E-state index contributed by atoms with van der Waals surface area (Å²) in [6.07, 6.45) is 0. The van der Waals surface area contributed by atoms with Crippen LogP contribution in [0.1, 0.15) is 27.8 Å². The van der Waals surface area contributed by atoms with E-state index in [9.17, 15) is 4.57 Å². The second-order valence-corrected chi connectivity index (χ2v) is 8.42. The molecule has 0 aliphatic heterocycles. The number of phosphoric ester groups is 1. The number of rotatable bonds is 6. The van der Waals surface area contributed by atoms with Crippen molar-refractivity contribution in [3.05, 3.63) is 88.5 Å². The van der Waals surface area contributed by atoms with Gasteiger partial charge in [-0.05, 0) is 69.0 Å². The van der Waals surface area contributed by atoms with Gasteiger partial charge in [0.25, 0.3) is 0 Å². The second kappa shape index (κ2) is 8.12. The molecule has 0 bridgehead atoms. The minimum absolute atomic E-state index is 0.423. The van der Waals surface area contributed by atoms with Crippen molar-refractivity contribution < 1.29 is 18.1 Å². The molecule has 3 aromatic carbocycles. The summed E-state index contributed by atoms with van der Waals surface area (Å²) in [6, 6.07) is 18.7. The van der Waals surface area contributed by atoms with Crippen LogP contribution in [0.15, 0.2) is 60.7 Å². The van der Waals surface area contributed by atoms with Gasteiger partial charge in [-0.3, -0.25) is 0 Å². The molecule has 0 unspecified atom stereocenters. The van der Waals surface area contributed by atoms with Crippen LogP contribution < -0.4 is 13.6 Å². The molecule has 0 aromatic heterocycles. The van der Waals surface area contributed by atoms with Gasteiger partial charge < -0.3 is 13.6 Å². The van der Waals surface area contributed by atoms with E-state index in [2.05, 4.69) is 0 Å². The Bertz CT molecular complexity index is 927. The molecule has 0 amide bonds. The average molecular weight is 396 g/mol. The minimum Gasteiger partial charge on any atom is -0.386 e. The Balaban J connectivity index is 2.02. The smallest absolute Gasteiger partial charge is 0.386 e. The zero-order valence-electron chi connectivity index (χ0n) is 16.9. The number of aryl methyl sites for hydroxylation is 5. The molecule has 0 radical (unpaired) electrons. The Morgan fingerprint density at radius 3 is 1.36 bits per heavy atom. The quantitative estimate of drug-likeness (QED) is 0.426. The molecule has 0 aliphatic carbocycles. The van der Waals surface area contributed by atoms with Crippen LogP contribution in [-0.4, -0.2) is 0 Å². The van der Waals surface area contributed by atoms with Crippen LogP contribution in [0.2, 0.25) is 0 Å². The van der Waals surface area contributed by atoms with Crippen LogP contribution >= 0.6 is 7.82 Å². The molecular formula is C23H25O4P. The Hall–Kier alpha value is -2.71. The van der Waals surface area contributed by atoms with Crippen molar-refractivity contribution in [3.8, 4) is 17.2 Å². The molecular weight excluding hydrogens is 371 g/mol.